The Balaban J connectivity index is 1.79. The number of rotatable bonds is 1. The summed E-state index contributed by atoms with van der Waals surface area (Å²) in [5, 5.41) is 22.6. The van der Waals surface area contributed by atoms with Gasteiger partial charge in [-0.3, -0.25) is 0 Å². The number of hydrogen-bond acceptors (Lipinski definition) is 4. The van der Waals surface area contributed by atoms with Gasteiger partial charge in [0.25, 0.3) is 0 Å². The zero-order valence-electron chi connectivity index (χ0n) is 12.7. The van der Waals surface area contributed by atoms with Crippen LogP contribution in [0.2, 0.25) is 0 Å². The number of hydrogen-bond donors (Lipinski definition) is 2. The van der Waals surface area contributed by atoms with Crippen LogP contribution in [-0.2, 0) is 4.74 Å². The van der Waals surface area contributed by atoms with Gasteiger partial charge in [0, 0.05) is 23.8 Å². The summed E-state index contributed by atoms with van der Waals surface area (Å²) in [6.45, 7) is 0.754. The summed E-state index contributed by atoms with van der Waals surface area (Å²) >= 11 is 0. The van der Waals surface area contributed by atoms with Gasteiger partial charge in [-0.05, 0) is 48.7 Å². The molecule has 2 N–H and O–H groups in total. The van der Waals surface area contributed by atoms with Crippen molar-refractivity contribution >= 4 is 5.69 Å². The van der Waals surface area contributed by atoms with Crippen LogP contribution in [0.4, 0.5) is 5.69 Å². The molecule has 4 rings (SSSR count). The number of aromatic hydroxyl groups is 1. The monoisotopic (exact) mass is 306 g/mol. The number of benzene rings is 2. The van der Waals surface area contributed by atoms with Crippen LogP contribution in [0, 0.1) is 17.2 Å². The first-order valence-corrected chi connectivity index (χ1v) is 7.97. The average molecular weight is 306 g/mol. The Labute approximate surface area is 135 Å². The molecule has 0 bridgehead atoms. The van der Waals surface area contributed by atoms with Crippen LogP contribution in [0.25, 0.3) is 0 Å². The lowest BCUT2D eigenvalue weighted by Gasteiger charge is -2.43. The standard InChI is InChI=1S/C19H18N2O2/c20-11-12-6-7-17-16(9-12)19-15(5-2-8-23-19)18(21-17)13-3-1-4-14(22)10-13/h1,3-4,6-7,9-10,15,18-19,21-22H,2,5,8H2/t15-,18?,19-/m0/s1. The molecule has 1 fully saturated rings. The van der Waals surface area contributed by atoms with Gasteiger partial charge >= 0.3 is 0 Å². The highest BCUT2D eigenvalue weighted by Crippen LogP contribution is 2.49. The summed E-state index contributed by atoms with van der Waals surface area (Å²) in [6, 6.07) is 15.4. The van der Waals surface area contributed by atoms with Crippen molar-refractivity contribution in [2.45, 2.75) is 25.0 Å². The van der Waals surface area contributed by atoms with E-state index in [2.05, 4.69) is 11.4 Å². The van der Waals surface area contributed by atoms with E-state index in [1.54, 1.807) is 6.07 Å². The van der Waals surface area contributed by atoms with Crippen molar-refractivity contribution in [1.29, 1.82) is 5.26 Å². The number of fused-ring (bicyclic) bond motifs is 3. The second-order valence-electron chi connectivity index (χ2n) is 6.23. The first-order valence-electron chi connectivity index (χ1n) is 7.97. The molecule has 0 radical (unpaired) electrons. The van der Waals surface area contributed by atoms with Gasteiger partial charge in [0.2, 0.25) is 0 Å². The predicted octanol–water partition coefficient (Wildman–Crippen LogP) is 3.90. The van der Waals surface area contributed by atoms with E-state index in [9.17, 15) is 5.11 Å². The van der Waals surface area contributed by atoms with Gasteiger partial charge < -0.3 is 15.2 Å². The summed E-state index contributed by atoms with van der Waals surface area (Å²) < 4.78 is 6.08. The smallest absolute Gasteiger partial charge is 0.115 e. The second kappa shape index (κ2) is 5.60. The van der Waals surface area contributed by atoms with Crippen LogP contribution in [0.3, 0.4) is 0 Å². The first kappa shape index (κ1) is 14.1. The predicted molar refractivity (Wildman–Crippen MR) is 87.0 cm³/mol. The van der Waals surface area contributed by atoms with E-state index in [0.29, 0.717) is 11.5 Å². The summed E-state index contributed by atoms with van der Waals surface area (Å²) in [5.41, 5.74) is 3.82. The van der Waals surface area contributed by atoms with Gasteiger partial charge in [-0.15, -0.1) is 0 Å². The SMILES string of the molecule is N#Cc1ccc2c(c1)[C@H]1OCCC[C@H]1C(c1cccc(O)c1)N2. The molecule has 3 atom stereocenters. The van der Waals surface area contributed by atoms with Crippen molar-refractivity contribution < 1.29 is 9.84 Å². The minimum Gasteiger partial charge on any atom is -0.508 e. The van der Waals surface area contributed by atoms with Crippen molar-refractivity contribution in [3.63, 3.8) is 0 Å². The first-order chi connectivity index (χ1) is 11.3. The maximum Gasteiger partial charge on any atom is 0.115 e. The van der Waals surface area contributed by atoms with E-state index < -0.39 is 0 Å². The van der Waals surface area contributed by atoms with E-state index in [4.69, 9.17) is 10.00 Å². The molecule has 4 heteroatoms. The van der Waals surface area contributed by atoms with E-state index in [-0.39, 0.29) is 17.9 Å². The largest absolute Gasteiger partial charge is 0.508 e. The fraction of sp³-hybridized carbons (Fsp3) is 0.316. The van der Waals surface area contributed by atoms with Crippen LogP contribution >= 0.6 is 0 Å². The van der Waals surface area contributed by atoms with E-state index in [1.807, 2.05) is 36.4 Å². The molecule has 0 spiro atoms. The maximum atomic E-state index is 9.81. The quantitative estimate of drug-likeness (QED) is 0.838. The molecule has 0 aliphatic carbocycles. The average Bonchev–Trinajstić information content (AvgIpc) is 2.60. The highest BCUT2D eigenvalue weighted by molar-refractivity contribution is 5.59. The number of nitrogens with one attached hydrogen (secondary N) is 1. The van der Waals surface area contributed by atoms with Gasteiger partial charge in [0.15, 0.2) is 0 Å². The van der Waals surface area contributed by atoms with Gasteiger partial charge in [0.05, 0.1) is 23.8 Å². The highest BCUT2D eigenvalue weighted by atomic mass is 16.5. The molecule has 2 aromatic rings. The Kier molecular flexibility index (Phi) is 3.44. The van der Waals surface area contributed by atoms with E-state index >= 15 is 0 Å². The van der Waals surface area contributed by atoms with Crippen LogP contribution in [0.1, 0.15) is 41.7 Å². The van der Waals surface area contributed by atoms with E-state index in [0.717, 1.165) is 36.3 Å². The van der Waals surface area contributed by atoms with Crippen LogP contribution in [-0.4, -0.2) is 11.7 Å². The number of nitriles is 1. The summed E-state index contributed by atoms with van der Waals surface area (Å²) in [6.07, 6.45) is 2.10. The van der Waals surface area contributed by atoms with Gasteiger partial charge in [-0.1, -0.05) is 12.1 Å². The topological polar surface area (TPSA) is 65.3 Å². The fourth-order valence-corrected chi connectivity index (χ4v) is 3.79. The normalized spacial score (nSPS) is 25.6. The molecule has 1 unspecified atom stereocenters. The highest BCUT2D eigenvalue weighted by Gasteiger charge is 2.39. The Morgan fingerprint density at radius 3 is 2.96 bits per heavy atom. The van der Waals surface area contributed by atoms with Crippen LogP contribution in [0.15, 0.2) is 42.5 Å². The molecule has 2 aliphatic rings. The third-order valence-corrected chi connectivity index (χ3v) is 4.82. The lowest BCUT2D eigenvalue weighted by Crippen LogP contribution is -2.36. The van der Waals surface area contributed by atoms with Crippen LogP contribution in [0.5, 0.6) is 5.75 Å². The lowest BCUT2D eigenvalue weighted by atomic mass is 9.77. The van der Waals surface area contributed by atoms with Crippen molar-refractivity contribution in [2.24, 2.45) is 5.92 Å². The molecule has 116 valence electrons. The lowest BCUT2D eigenvalue weighted by molar-refractivity contribution is -0.0381. The van der Waals surface area contributed by atoms with Crippen molar-refractivity contribution in [1.82, 2.24) is 0 Å². The molecule has 0 amide bonds. The molecule has 23 heavy (non-hydrogen) atoms. The molecule has 4 nitrogen and oxygen atoms in total. The second-order valence-corrected chi connectivity index (χ2v) is 6.23. The molecular weight excluding hydrogens is 288 g/mol. The zero-order chi connectivity index (χ0) is 15.8. The number of phenolic OH excluding ortho intramolecular Hbond substituents is 1. The Morgan fingerprint density at radius 2 is 2.13 bits per heavy atom. The van der Waals surface area contributed by atoms with Gasteiger partial charge in [-0.2, -0.15) is 5.26 Å². The third-order valence-electron chi connectivity index (χ3n) is 4.82. The van der Waals surface area contributed by atoms with Gasteiger partial charge in [-0.25, -0.2) is 0 Å². The van der Waals surface area contributed by atoms with Crippen molar-refractivity contribution in [2.75, 3.05) is 11.9 Å². The fourth-order valence-electron chi connectivity index (χ4n) is 3.79. The van der Waals surface area contributed by atoms with Crippen LogP contribution < -0.4 is 5.32 Å². The number of phenols is 1. The number of anilines is 1. The third kappa shape index (κ3) is 2.43. The molecule has 0 saturated carbocycles. The van der Waals surface area contributed by atoms with Gasteiger partial charge in [0.1, 0.15) is 5.75 Å². The maximum absolute atomic E-state index is 9.81. The molecular formula is C19H18N2O2. The minimum absolute atomic E-state index is 0.000601. The van der Waals surface area contributed by atoms with Crippen molar-refractivity contribution in [3.05, 3.63) is 59.2 Å². The zero-order valence-corrected chi connectivity index (χ0v) is 12.7. The van der Waals surface area contributed by atoms with Crippen molar-refractivity contribution in [3.8, 4) is 11.8 Å². The Hall–Kier alpha value is -2.51. The Bertz CT molecular complexity index is 781. The minimum atomic E-state index is 0.000601. The number of nitrogens with zero attached hydrogens (tertiary/aromatic N) is 1. The Morgan fingerprint density at radius 1 is 1.22 bits per heavy atom. The molecule has 0 aromatic heterocycles. The number of ether oxygens (including phenoxy) is 1. The summed E-state index contributed by atoms with van der Waals surface area (Å²) in [7, 11) is 0. The summed E-state index contributed by atoms with van der Waals surface area (Å²) in [4.78, 5) is 0. The molecule has 1 saturated heterocycles. The molecule has 2 aliphatic heterocycles. The van der Waals surface area contributed by atoms with E-state index in [1.165, 1.54) is 0 Å². The molecule has 2 aromatic carbocycles. The molecule has 2 heterocycles. The summed E-state index contributed by atoms with van der Waals surface area (Å²) in [5.74, 6) is 0.579.